The van der Waals surface area contributed by atoms with Gasteiger partial charge in [-0.15, -0.1) is 0 Å². The topological polar surface area (TPSA) is 98.6 Å². The Morgan fingerprint density at radius 3 is 2.50 bits per heavy atom. The van der Waals surface area contributed by atoms with Gasteiger partial charge in [-0.25, -0.2) is 4.79 Å². The maximum Gasteiger partial charge on any atom is 0.410 e. The Morgan fingerprint density at radius 1 is 1.07 bits per heavy atom. The zero-order chi connectivity index (χ0) is 30.1. The van der Waals surface area contributed by atoms with E-state index in [9.17, 15) is 9.59 Å². The van der Waals surface area contributed by atoms with Gasteiger partial charge >= 0.3 is 6.09 Å². The van der Waals surface area contributed by atoms with Crippen molar-refractivity contribution in [3.63, 3.8) is 0 Å². The number of fused-ring (bicyclic) bond motifs is 1. The number of ether oxygens (including phenoxy) is 1. The van der Waals surface area contributed by atoms with Crippen molar-refractivity contribution in [2.75, 3.05) is 12.4 Å². The maximum absolute atomic E-state index is 13.3. The third-order valence-electron chi connectivity index (χ3n) is 9.24. The van der Waals surface area contributed by atoms with Gasteiger partial charge in [0.1, 0.15) is 6.04 Å². The van der Waals surface area contributed by atoms with Crippen molar-refractivity contribution in [2.24, 2.45) is 0 Å². The smallest absolute Gasteiger partial charge is 0.410 e. The number of hydrogen-bond donors (Lipinski definition) is 1. The minimum absolute atomic E-state index is 0.0111. The molecule has 1 N–H and O–H groups in total. The van der Waals surface area contributed by atoms with Gasteiger partial charge in [-0.05, 0) is 85.6 Å². The molecule has 1 fully saturated rings. The van der Waals surface area contributed by atoms with Crippen LogP contribution in [0.25, 0.3) is 0 Å². The second-order valence-electron chi connectivity index (χ2n) is 13.0. The van der Waals surface area contributed by atoms with Crippen LogP contribution in [0.15, 0.2) is 61.1 Å². The number of hydrogen-bond acceptors (Lipinski definition) is 6. The monoisotopic (exact) mass is 589 g/mol. The molecule has 0 bridgehead atoms. The van der Waals surface area contributed by atoms with Crippen LogP contribution < -0.4 is 5.32 Å². The molecule has 2 aromatic heterocycles. The summed E-state index contributed by atoms with van der Waals surface area (Å²) in [6.45, 7) is 11.2. The summed E-state index contributed by atoms with van der Waals surface area (Å²) in [5.41, 5.74) is 3.91. The normalized spacial score (nSPS) is 21.2. The molecule has 10 heteroatoms. The zero-order valence-electron chi connectivity index (χ0n) is 25.5. The summed E-state index contributed by atoms with van der Waals surface area (Å²) in [6, 6.07) is 13.4. The van der Waals surface area contributed by atoms with E-state index in [1.54, 1.807) is 12.4 Å². The van der Waals surface area contributed by atoms with Gasteiger partial charge in [0.2, 0.25) is 5.91 Å². The molecule has 4 atom stereocenters. The first-order chi connectivity index (χ1) is 20.0. The van der Waals surface area contributed by atoms with E-state index in [0.717, 1.165) is 48.2 Å². The molecule has 2 amide bonds. The van der Waals surface area contributed by atoms with Crippen LogP contribution in [0, 0.1) is 0 Å². The van der Waals surface area contributed by atoms with Crippen LogP contribution in [-0.2, 0) is 26.8 Å². The minimum atomic E-state index is -2.18. The number of carbonyl (C=O) groups excluding carboxylic acids is 2. The van der Waals surface area contributed by atoms with Crippen molar-refractivity contribution in [1.82, 2.24) is 19.7 Å². The van der Waals surface area contributed by atoms with Gasteiger partial charge in [-0.2, -0.15) is 5.10 Å². The molecule has 4 heterocycles. The van der Waals surface area contributed by atoms with E-state index < -0.39 is 8.32 Å². The molecule has 9 nitrogen and oxygen atoms in total. The highest BCUT2D eigenvalue weighted by Gasteiger charge is 2.47. The number of aromatic nitrogens is 3. The molecule has 0 saturated carbocycles. The van der Waals surface area contributed by atoms with Crippen LogP contribution in [0.5, 0.6) is 0 Å². The number of nitrogens with one attached hydrogen (secondary N) is 1. The highest BCUT2D eigenvalue weighted by molar-refractivity contribution is 6.74. The number of carbonyl (C=O) groups is 2. The van der Waals surface area contributed by atoms with Crippen molar-refractivity contribution in [1.29, 1.82) is 0 Å². The summed E-state index contributed by atoms with van der Waals surface area (Å²) >= 11 is 0. The van der Waals surface area contributed by atoms with Crippen molar-refractivity contribution >= 4 is 26.0 Å². The Bertz CT molecular complexity index is 1390. The standard InChI is InChI=1S/C32H43N5O4Si/c1-32(2,3)42(5,6)41-29(23-8-7-18-33-21-23)27-15-14-26(36(27)31(39)40-4)20-22-9-11-24(12-10-22)35-30(38)28-16-13-25-17-19-34-37(25)28/h7-12,17-19,21,26-29H,13-16,20H2,1-6H3,(H,35,38)/t26-,27+,28+,29+/m0/s1. The highest BCUT2D eigenvalue weighted by atomic mass is 28.4. The lowest BCUT2D eigenvalue weighted by Crippen LogP contribution is -2.49. The van der Waals surface area contributed by atoms with E-state index in [-0.39, 0.29) is 41.3 Å². The van der Waals surface area contributed by atoms with Gasteiger partial charge in [0.05, 0.1) is 19.3 Å². The Balaban J connectivity index is 1.32. The van der Waals surface area contributed by atoms with Crippen LogP contribution >= 0.6 is 0 Å². The molecule has 0 unspecified atom stereocenters. The molecule has 1 saturated heterocycles. The second kappa shape index (κ2) is 12.0. The van der Waals surface area contributed by atoms with Gasteiger partial charge in [0.25, 0.3) is 0 Å². The predicted octanol–water partition coefficient (Wildman–Crippen LogP) is 6.31. The summed E-state index contributed by atoms with van der Waals surface area (Å²) in [4.78, 5) is 32.5. The number of benzene rings is 1. The lowest BCUT2D eigenvalue weighted by Gasteiger charge is -2.43. The average Bonchev–Trinajstić information content (AvgIpc) is 3.69. The van der Waals surface area contributed by atoms with Gasteiger partial charge in [0.15, 0.2) is 8.32 Å². The number of amides is 2. The summed E-state index contributed by atoms with van der Waals surface area (Å²) in [5, 5.41) is 7.37. The Hall–Kier alpha value is -3.50. The van der Waals surface area contributed by atoms with Crippen LogP contribution in [0.1, 0.15) is 69.0 Å². The number of methoxy groups -OCH3 is 1. The fourth-order valence-corrected chi connectivity index (χ4v) is 7.18. The van der Waals surface area contributed by atoms with E-state index in [4.69, 9.17) is 9.16 Å². The van der Waals surface area contributed by atoms with Gasteiger partial charge in [0, 0.05) is 36.0 Å². The fraction of sp³-hybridized carbons (Fsp3) is 0.500. The first-order valence-electron chi connectivity index (χ1n) is 14.8. The summed E-state index contributed by atoms with van der Waals surface area (Å²) in [7, 11) is -0.740. The molecule has 2 aliphatic heterocycles. The molecule has 0 aliphatic carbocycles. The van der Waals surface area contributed by atoms with E-state index in [2.05, 4.69) is 49.3 Å². The number of pyridine rings is 1. The maximum atomic E-state index is 13.3. The predicted molar refractivity (Wildman–Crippen MR) is 165 cm³/mol. The largest absolute Gasteiger partial charge is 0.453 e. The number of rotatable bonds is 8. The van der Waals surface area contributed by atoms with Gasteiger partial charge in [-0.1, -0.05) is 39.0 Å². The number of likely N-dealkylation sites (tertiary alicyclic amines) is 1. The van der Waals surface area contributed by atoms with Crippen molar-refractivity contribution in [3.8, 4) is 0 Å². The van der Waals surface area contributed by atoms with Crippen LogP contribution in [0.3, 0.4) is 0 Å². The molecular formula is C32H43N5O4Si. The molecular weight excluding hydrogens is 546 g/mol. The molecule has 0 radical (unpaired) electrons. The minimum Gasteiger partial charge on any atom is -0.453 e. The van der Waals surface area contributed by atoms with Gasteiger partial charge < -0.3 is 14.5 Å². The SMILES string of the molecule is COC(=O)N1[C@H](Cc2ccc(NC(=O)[C@H]3CCc4ccnn43)cc2)CC[C@@H]1[C@H](O[Si](C)(C)C(C)(C)C)c1cccnc1. The molecule has 5 rings (SSSR count). The zero-order valence-corrected chi connectivity index (χ0v) is 26.5. The van der Waals surface area contributed by atoms with Crippen molar-refractivity contribution in [3.05, 3.63) is 77.9 Å². The molecule has 3 aromatic rings. The number of nitrogens with zero attached hydrogens (tertiary/aromatic N) is 4. The molecule has 1 aromatic carbocycles. The number of anilines is 1. The highest BCUT2D eigenvalue weighted by Crippen LogP contribution is 2.44. The average molecular weight is 590 g/mol. The lowest BCUT2D eigenvalue weighted by atomic mass is 10.0. The summed E-state index contributed by atoms with van der Waals surface area (Å²) in [6.07, 6.45) is 8.66. The molecule has 0 spiro atoms. The quantitative estimate of drug-likeness (QED) is 0.309. The fourth-order valence-electron chi connectivity index (χ4n) is 5.90. The Labute approximate surface area is 249 Å². The first-order valence-corrected chi connectivity index (χ1v) is 17.8. The van der Waals surface area contributed by atoms with E-state index >= 15 is 0 Å². The summed E-state index contributed by atoms with van der Waals surface area (Å²) < 4.78 is 14.1. The van der Waals surface area contributed by atoms with Crippen LogP contribution in [-0.4, -0.2) is 59.2 Å². The van der Waals surface area contributed by atoms with Crippen LogP contribution in [0.2, 0.25) is 18.1 Å². The summed E-state index contributed by atoms with van der Waals surface area (Å²) in [5.74, 6) is -0.0520. The molecule has 224 valence electrons. The third kappa shape index (κ3) is 6.15. The third-order valence-corrected chi connectivity index (χ3v) is 13.7. The van der Waals surface area contributed by atoms with E-state index in [0.29, 0.717) is 6.42 Å². The van der Waals surface area contributed by atoms with Crippen molar-refractivity contribution < 1.29 is 18.8 Å². The Kier molecular flexibility index (Phi) is 8.57. The Morgan fingerprint density at radius 2 is 1.83 bits per heavy atom. The second-order valence-corrected chi connectivity index (χ2v) is 17.7. The molecule has 2 aliphatic rings. The lowest BCUT2D eigenvalue weighted by molar-refractivity contribution is -0.119. The number of aryl methyl sites for hydroxylation is 1. The first kappa shape index (κ1) is 30.0. The van der Waals surface area contributed by atoms with E-state index in [1.165, 1.54) is 7.11 Å². The van der Waals surface area contributed by atoms with E-state index in [1.807, 2.05) is 58.2 Å². The molecule has 42 heavy (non-hydrogen) atoms. The van der Waals surface area contributed by atoms with Crippen LogP contribution in [0.4, 0.5) is 10.5 Å². The van der Waals surface area contributed by atoms with Crippen molar-refractivity contribution in [2.45, 2.75) is 95.2 Å². The van der Waals surface area contributed by atoms with Gasteiger partial charge in [-0.3, -0.25) is 19.4 Å².